The molecule has 0 spiro atoms. The molecule has 4 rings (SSSR count). The molecule has 1 fully saturated rings. The molecule has 2 atom stereocenters. The lowest BCUT2D eigenvalue weighted by molar-refractivity contribution is -0.476. The Morgan fingerprint density at radius 1 is 1.00 bits per heavy atom. The molecule has 0 radical (unpaired) electrons. The molecule has 2 aliphatic rings. The van der Waals surface area contributed by atoms with Crippen LogP contribution in [0.5, 0.6) is 0 Å². The van der Waals surface area contributed by atoms with Crippen molar-refractivity contribution < 1.29 is 4.68 Å². The minimum atomic E-state index is -0.0578. The van der Waals surface area contributed by atoms with E-state index in [1.165, 1.54) is 4.68 Å². The van der Waals surface area contributed by atoms with Gasteiger partial charge in [-0.1, -0.05) is 49.2 Å². The average Bonchev–Trinajstić information content (AvgIpc) is 3.26. The zero-order chi connectivity index (χ0) is 20.1. The summed E-state index contributed by atoms with van der Waals surface area (Å²) < 4.78 is 1.50. The summed E-state index contributed by atoms with van der Waals surface area (Å²) in [6.45, 7) is 4.37. The zero-order valence-electron chi connectivity index (χ0n) is 15.3. The third kappa shape index (κ3) is 2.89. The van der Waals surface area contributed by atoms with Crippen LogP contribution in [0.1, 0.15) is 25.0 Å². The van der Waals surface area contributed by atoms with Crippen LogP contribution >= 0.6 is 23.2 Å². The largest absolute Gasteiger partial charge is 0.757 e. The number of nitriles is 1. The molecular weight excluding hydrogens is 391 g/mol. The van der Waals surface area contributed by atoms with Crippen molar-refractivity contribution in [2.45, 2.75) is 13.8 Å². The summed E-state index contributed by atoms with van der Waals surface area (Å²) in [4.78, 5) is 0. The Morgan fingerprint density at radius 3 is 2.04 bits per heavy atom. The van der Waals surface area contributed by atoms with Gasteiger partial charge in [-0.2, -0.15) is 11.1 Å². The average molecular weight is 407 g/mol. The molecule has 1 aliphatic carbocycles. The summed E-state index contributed by atoms with van der Waals surface area (Å²) in [6, 6.07) is 16.9. The molecular formula is C22H16Cl2N4. The smallest absolute Gasteiger partial charge is 0.335 e. The van der Waals surface area contributed by atoms with Gasteiger partial charge in [0.15, 0.2) is 6.07 Å². The monoisotopic (exact) mass is 406 g/mol. The van der Waals surface area contributed by atoms with Gasteiger partial charge >= 0.3 is 5.70 Å². The molecule has 2 aromatic rings. The van der Waals surface area contributed by atoms with Gasteiger partial charge < -0.3 is 5.41 Å². The van der Waals surface area contributed by atoms with E-state index in [1.807, 2.05) is 60.5 Å². The van der Waals surface area contributed by atoms with E-state index >= 15 is 0 Å². The molecule has 4 nitrogen and oxygen atoms in total. The Bertz CT molecular complexity index is 1110. The quantitative estimate of drug-likeness (QED) is 0.395. The molecule has 0 unspecified atom stereocenters. The van der Waals surface area contributed by atoms with Crippen molar-refractivity contribution in [2.75, 3.05) is 0 Å². The van der Waals surface area contributed by atoms with Gasteiger partial charge in [-0.3, -0.25) is 0 Å². The Labute approximate surface area is 173 Å². The van der Waals surface area contributed by atoms with E-state index in [4.69, 9.17) is 28.3 Å². The normalized spacial score (nSPS) is 21.9. The number of fused-ring (bicyclic) bond motifs is 1. The maximum atomic E-state index is 9.54. The number of nitrogens with zero attached hydrogens (tertiary/aromatic N) is 4. The first kappa shape index (κ1) is 18.7. The van der Waals surface area contributed by atoms with Crippen molar-refractivity contribution in [1.29, 1.82) is 5.26 Å². The molecule has 2 aromatic carbocycles. The summed E-state index contributed by atoms with van der Waals surface area (Å²) in [6.07, 6.45) is 0. The van der Waals surface area contributed by atoms with E-state index in [9.17, 15) is 10.7 Å². The first-order chi connectivity index (χ1) is 13.4. The Kier molecular flexibility index (Phi) is 4.48. The lowest BCUT2D eigenvalue weighted by atomic mass is 9.98. The number of rotatable bonds is 3. The topological polar surface area (TPSA) is 61.5 Å². The molecule has 1 aliphatic heterocycles. The fraction of sp³-hybridized carbons (Fsp3) is 0.227. The number of allylic oxidation sites excluding steroid dienone is 1. The minimum absolute atomic E-state index is 0.0573. The van der Waals surface area contributed by atoms with Gasteiger partial charge in [0.2, 0.25) is 5.71 Å². The number of benzene rings is 2. The fourth-order valence-electron chi connectivity index (χ4n) is 4.08. The van der Waals surface area contributed by atoms with E-state index in [0.29, 0.717) is 10.0 Å². The highest BCUT2D eigenvalue weighted by molar-refractivity contribution is 6.31. The fourth-order valence-corrected chi connectivity index (χ4v) is 4.34. The van der Waals surface area contributed by atoms with Crippen molar-refractivity contribution >= 4 is 40.5 Å². The van der Waals surface area contributed by atoms with Crippen LogP contribution in [0.2, 0.25) is 10.0 Å². The summed E-state index contributed by atoms with van der Waals surface area (Å²) >= 11 is 12.1. The van der Waals surface area contributed by atoms with Gasteiger partial charge in [0.1, 0.15) is 5.71 Å². The van der Waals surface area contributed by atoms with E-state index in [-0.39, 0.29) is 22.9 Å². The summed E-state index contributed by atoms with van der Waals surface area (Å²) in [7, 11) is 0. The zero-order valence-corrected chi connectivity index (χ0v) is 16.8. The van der Waals surface area contributed by atoms with Gasteiger partial charge in [-0.15, -0.1) is 0 Å². The van der Waals surface area contributed by atoms with Crippen molar-refractivity contribution in [3.63, 3.8) is 0 Å². The Morgan fingerprint density at radius 2 is 1.54 bits per heavy atom. The number of halogens is 2. The van der Waals surface area contributed by atoms with Gasteiger partial charge in [0, 0.05) is 32.2 Å². The molecule has 0 bridgehead atoms. The van der Waals surface area contributed by atoms with Crippen LogP contribution in [-0.4, -0.2) is 22.0 Å². The van der Waals surface area contributed by atoms with Gasteiger partial charge in [-0.05, 0) is 46.5 Å². The molecule has 0 aromatic heterocycles. The molecule has 1 heterocycles. The van der Waals surface area contributed by atoms with Gasteiger partial charge in [0.05, 0.1) is 5.92 Å². The molecule has 0 saturated heterocycles. The first-order valence-corrected chi connectivity index (χ1v) is 9.58. The van der Waals surface area contributed by atoms with Crippen molar-refractivity contribution in [2.24, 2.45) is 22.4 Å². The van der Waals surface area contributed by atoms with Crippen molar-refractivity contribution in [3.8, 4) is 6.07 Å². The second-order valence-electron chi connectivity index (χ2n) is 7.54. The van der Waals surface area contributed by atoms with Crippen molar-refractivity contribution in [3.05, 3.63) is 80.8 Å². The standard InChI is InChI=1S/C22H16Cl2N4/c1-22(2)18-19(22)21(14-5-9-16(24)10-6-14)28(17(11-25)12-26)27-20(18)13-3-7-15(23)8-4-13/h3-10,18-19H,1-2H3/t18-,19+/m1/s1. The maximum absolute atomic E-state index is 9.54. The van der Waals surface area contributed by atoms with Crippen LogP contribution < -0.4 is 0 Å². The number of hydrogen-bond donors (Lipinski definition) is 0. The highest BCUT2D eigenvalue weighted by atomic mass is 35.5. The van der Waals surface area contributed by atoms with Crippen LogP contribution in [0.4, 0.5) is 0 Å². The van der Waals surface area contributed by atoms with E-state index < -0.39 is 0 Å². The summed E-state index contributed by atoms with van der Waals surface area (Å²) in [5.74, 6) is 2.31. The number of hydrazone groups is 1. The summed E-state index contributed by atoms with van der Waals surface area (Å²) in [5.41, 5.74) is 3.47. The highest BCUT2D eigenvalue weighted by Crippen LogP contribution is 2.62. The van der Waals surface area contributed by atoms with Gasteiger partial charge in [-0.25, -0.2) is 0 Å². The first-order valence-electron chi connectivity index (χ1n) is 8.83. The van der Waals surface area contributed by atoms with E-state index in [0.717, 1.165) is 22.6 Å². The predicted octanol–water partition coefficient (Wildman–Crippen LogP) is 5.13. The Balaban J connectivity index is 1.98. The van der Waals surface area contributed by atoms with Crippen LogP contribution in [0.25, 0.3) is 5.41 Å². The summed E-state index contributed by atoms with van der Waals surface area (Å²) in [5, 5.41) is 25.1. The van der Waals surface area contributed by atoms with E-state index in [1.54, 1.807) is 0 Å². The second-order valence-corrected chi connectivity index (χ2v) is 8.42. The van der Waals surface area contributed by atoms with Crippen LogP contribution in [0.15, 0.2) is 59.3 Å². The molecule has 138 valence electrons. The Hall–Kier alpha value is -2.70. The lowest BCUT2D eigenvalue weighted by Gasteiger charge is -2.12. The molecule has 1 saturated carbocycles. The van der Waals surface area contributed by atoms with Gasteiger partial charge in [0.25, 0.3) is 0 Å². The predicted molar refractivity (Wildman–Crippen MR) is 112 cm³/mol. The second kappa shape index (κ2) is 6.72. The lowest BCUT2D eigenvalue weighted by Crippen LogP contribution is -2.28. The van der Waals surface area contributed by atoms with Crippen LogP contribution in [0.3, 0.4) is 0 Å². The molecule has 28 heavy (non-hydrogen) atoms. The van der Waals surface area contributed by atoms with Crippen LogP contribution in [0, 0.1) is 28.6 Å². The third-order valence-corrected chi connectivity index (χ3v) is 6.06. The van der Waals surface area contributed by atoms with E-state index in [2.05, 4.69) is 13.8 Å². The highest BCUT2D eigenvalue weighted by Gasteiger charge is 2.68. The number of hydrogen-bond acceptors (Lipinski definition) is 2. The maximum Gasteiger partial charge on any atom is 0.335 e. The third-order valence-electron chi connectivity index (χ3n) is 5.56. The molecule has 0 N–H and O–H groups in total. The SMILES string of the molecule is CC1(C)[C@@H]2C(c3ccc(Cl)cc3)=[N+](C(=C=[N-])C#N)N=C(c3ccc(Cl)cc3)[C@@H]21. The molecule has 6 heteroatoms. The van der Waals surface area contributed by atoms with Crippen LogP contribution in [-0.2, 0) is 0 Å². The van der Waals surface area contributed by atoms with Crippen molar-refractivity contribution in [1.82, 2.24) is 0 Å². The molecule has 0 amide bonds. The minimum Gasteiger partial charge on any atom is -0.757 e.